The number of rotatable bonds is 3. The molecule has 0 aliphatic heterocycles. The number of fused-ring (bicyclic) bond motifs is 7. The van der Waals surface area contributed by atoms with Crippen LogP contribution < -0.4 is 0 Å². The molecule has 4 nitrogen and oxygen atoms in total. The molecular formula is C23H32O4. The number of aliphatic carboxylic acids is 1. The zero-order valence-electron chi connectivity index (χ0n) is 16.5. The first-order valence-electron chi connectivity index (χ1n) is 10.9. The minimum Gasteiger partial charge on any atom is -0.481 e. The van der Waals surface area contributed by atoms with Crippen LogP contribution in [0.15, 0.2) is 11.6 Å². The molecule has 4 saturated carbocycles. The van der Waals surface area contributed by atoms with E-state index in [1.165, 1.54) is 5.57 Å². The summed E-state index contributed by atoms with van der Waals surface area (Å²) in [6.07, 6.45) is 8.38. The highest BCUT2D eigenvalue weighted by atomic mass is 16.4. The number of allylic oxidation sites excluding steroid dienone is 1. The average molecular weight is 373 g/mol. The third kappa shape index (κ3) is 2.31. The summed E-state index contributed by atoms with van der Waals surface area (Å²) in [6.45, 7) is 4.62. The van der Waals surface area contributed by atoms with E-state index in [-0.39, 0.29) is 11.8 Å². The molecule has 0 saturated heterocycles. The molecule has 0 heterocycles. The number of carboxylic acids is 1. The summed E-state index contributed by atoms with van der Waals surface area (Å²) in [5.74, 6) is 3.31. The molecule has 0 radical (unpaired) electrons. The summed E-state index contributed by atoms with van der Waals surface area (Å²) in [5, 5.41) is 20.9. The van der Waals surface area contributed by atoms with Gasteiger partial charge in [0.1, 0.15) is 0 Å². The van der Waals surface area contributed by atoms with Gasteiger partial charge in [-0.05, 0) is 91.4 Å². The Hall–Kier alpha value is -1.16. The second-order valence-corrected chi connectivity index (χ2v) is 10.6. The Morgan fingerprint density at radius 1 is 1.30 bits per heavy atom. The Kier molecular flexibility index (Phi) is 3.77. The molecule has 4 heteroatoms. The Balaban J connectivity index is 1.48. The van der Waals surface area contributed by atoms with Gasteiger partial charge in [0.2, 0.25) is 0 Å². The largest absolute Gasteiger partial charge is 0.481 e. The predicted molar refractivity (Wildman–Crippen MR) is 101 cm³/mol. The van der Waals surface area contributed by atoms with Crippen LogP contribution in [-0.4, -0.2) is 27.6 Å². The number of carbonyl (C=O) groups is 2. The lowest BCUT2D eigenvalue weighted by Gasteiger charge is -2.59. The minimum absolute atomic E-state index is 0.0727. The SMILES string of the molecule is C[C@H]1CC2=CC(=O)CC[C@@H]2[C@H]2CC[C@@]3(C)[C@@H]([C@H]4C[C@H]4[C@@]3(O)CCC(=O)O)[C@@H]21. The van der Waals surface area contributed by atoms with Gasteiger partial charge in [0, 0.05) is 12.8 Å². The van der Waals surface area contributed by atoms with Crippen molar-refractivity contribution in [3.63, 3.8) is 0 Å². The molecule has 27 heavy (non-hydrogen) atoms. The van der Waals surface area contributed by atoms with Gasteiger partial charge < -0.3 is 10.2 Å². The van der Waals surface area contributed by atoms with Crippen LogP contribution in [0.4, 0.5) is 0 Å². The second-order valence-electron chi connectivity index (χ2n) is 10.6. The summed E-state index contributed by atoms with van der Waals surface area (Å²) < 4.78 is 0. The first-order valence-corrected chi connectivity index (χ1v) is 10.9. The summed E-state index contributed by atoms with van der Waals surface area (Å²) in [6, 6.07) is 0. The van der Waals surface area contributed by atoms with Crippen LogP contribution in [0.3, 0.4) is 0 Å². The predicted octanol–water partition coefficient (Wildman–Crippen LogP) is 3.83. The van der Waals surface area contributed by atoms with Gasteiger partial charge in [0.15, 0.2) is 5.78 Å². The molecule has 5 rings (SSSR count). The smallest absolute Gasteiger partial charge is 0.303 e. The van der Waals surface area contributed by atoms with Gasteiger partial charge in [-0.1, -0.05) is 19.4 Å². The third-order valence-corrected chi connectivity index (χ3v) is 9.52. The fraction of sp³-hybridized carbons (Fsp3) is 0.826. The minimum atomic E-state index is -0.802. The maximum absolute atomic E-state index is 11.9. The van der Waals surface area contributed by atoms with Crippen LogP contribution in [-0.2, 0) is 9.59 Å². The van der Waals surface area contributed by atoms with Crippen molar-refractivity contribution < 1.29 is 19.8 Å². The third-order valence-electron chi connectivity index (χ3n) is 9.52. The van der Waals surface area contributed by atoms with E-state index >= 15 is 0 Å². The van der Waals surface area contributed by atoms with Crippen molar-refractivity contribution in [1.82, 2.24) is 0 Å². The van der Waals surface area contributed by atoms with Gasteiger partial charge in [0.25, 0.3) is 0 Å². The van der Waals surface area contributed by atoms with Crippen LogP contribution in [0.25, 0.3) is 0 Å². The van der Waals surface area contributed by atoms with Crippen molar-refractivity contribution >= 4 is 11.8 Å². The second kappa shape index (κ2) is 5.68. The monoisotopic (exact) mass is 372 g/mol. The van der Waals surface area contributed by atoms with Gasteiger partial charge in [-0.15, -0.1) is 0 Å². The molecule has 0 spiro atoms. The van der Waals surface area contributed by atoms with E-state index in [1.807, 2.05) is 6.08 Å². The first kappa shape index (κ1) is 17.9. The lowest BCUT2D eigenvalue weighted by Crippen LogP contribution is -2.56. The highest BCUT2D eigenvalue weighted by molar-refractivity contribution is 5.91. The van der Waals surface area contributed by atoms with Gasteiger partial charge in [-0.2, -0.15) is 0 Å². The van der Waals surface area contributed by atoms with Crippen LogP contribution in [0, 0.1) is 46.8 Å². The molecule has 0 aromatic rings. The van der Waals surface area contributed by atoms with E-state index in [1.54, 1.807) is 0 Å². The quantitative estimate of drug-likeness (QED) is 0.790. The van der Waals surface area contributed by atoms with Gasteiger partial charge in [-0.25, -0.2) is 0 Å². The van der Waals surface area contributed by atoms with Crippen LogP contribution >= 0.6 is 0 Å². The maximum atomic E-state index is 11.9. The number of hydrogen-bond donors (Lipinski definition) is 2. The van der Waals surface area contributed by atoms with E-state index in [4.69, 9.17) is 0 Å². The number of hydrogen-bond acceptors (Lipinski definition) is 3. The van der Waals surface area contributed by atoms with Gasteiger partial charge >= 0.3 is 5.97 Å². The number of carbonyl (C=O) groups excluding carboxylic acids is 1. The zero-order valence-corrected chi connectivity index (χ0v) is 16.5. The number of ketones is 1. The van der Waals surface area contributed by atoms with Gasteiger partial charge in [0.05, 0.1) is 5.60 Å². The van der Waals surface area contributed by atoms with Crippen molar-refractivity contribution in [3.8, 4) is 0 Å². The Labute approximate surface area is 161 Å². The Morgan fingerprint density at radius 2 is 2.07 bits per heavy atom. The van der Waals surface area contributed by atoms with E-state index in [9.17, 15) is 19.8 Å². The molecular weight excluding hydrogens is 340 g/mol. The highest BCUT2D eigenvalue weighted by Crippen LogP contribution is 2.77. The van der Waals surface area contributed by atoms with E-state index < -0.39 is 11.6 Å². The molecule has 9 atom stereocenters. The molecule has 0 amide bonds. The van der Waals surface area contributed by atoms with Crippen LogP contribution in [0.1, 0.15) is 65.2 Å². The zero-order chi connectivity index (χ0) is 19.1. The van der Waals surface area contributed by atoms with Crippen molar-refractivity contribution in [1.29, 1.82) is 0 Å². The van der Waals surface area contributed by atoms with Crippen molar-refractivity contribution in [2.45, 2.75) is 70.8 Å². The van der Waals surface area contributed by atoms with Crippen LogP contribution in [0.5, 0.6) is 0 Å². The Morgan fingerprint density at radius 3 is 2.81 bits per heavy atom. The topological polar surface area (TPSA) is 74.6 Å². The van der Waals surface area contributed by atoms with Crippen molar-refractivity contribution in [2.75, 3.05) is 0 Å². The molecule has 2 N–H and O–H groups in total. The average Bonchev–Trinajstić information content (AvgIpc) is 3.36. The van der Waals surface area contributed by atoms with Crippen molar-refractivity contribution in [3.05, 3.63) is 11.6 Å². The van der Waals surface area contributed by atoms with E-state index in [0.29, 0.717) is 60.1 Å². The molecule has 0 bridgehead atoms. The highest BCUT2D eigenvalue weighted by Gasteiger charge is 2.75. The van der Waals surface area contributed by atoms with Gasteiger partial charge in [-0.3, -0.25) is 9.59 Å². The fourth-order valence-corrected chi connectivity index (χ4v) is 8.45. The lowest BCUT2D eigenvalue weighted by molar-refractivity contribution is -0.158. The van der Waals surface area contributed by atoms with E-state index in [2.05, 4.69) is 13.8 Å². The molecule has 5 aliphatic rings. The molecule has 5 aliphatic carbocycles. The normalized spacial score (nSPS) is 52.9. The fourth-order valence-electron chi connectivity index (χ4n) is 8.45. The summed E-state index contributed by atoms with van der Waals surface area (Å²) >= 11 is 0. The first-order chi connectivity index (χ1) is 12.8. The summed E-state index contributed by atoms with van der Waals surface area (Å²) in [7, 11) is 0. The summed E-state index contributed by atoms with van der Waals surface area (Å²) in [5.41, 5.74) is 0.455. The summed E-state index contributed by atoms with van der Waals surface area (Å²) in [4.78, 5) is 23.1. The molecule has 148 valence electrons. The standard InChI is InChI=1S/C23H32O4/c1-12-9-13-10-14(24)3-4-15(13)16-5-7-22(2)21(20(12)16)17-11-18(17)23(22,27)8-6-19(25)26/h10,12,15-18,20-21,27H,3-9,11H2,1-2H3,(H,25,26)/t12-,15-,16+,17-,18+,20+,21-,22-,23-/m0/s1. The van der Waals surface area contributed by atoms with E-state index in [0.717, 1.165) is 32.1 Å². The number of aliphatic hydroxyl groups is 1. The molecule has 0 unspecified atom stereocenters. The molecule has 4 fully saturated rings. The number of carboxylic acid groups (broad SMARTS) is 1. The Bertz CT molecular complexity index is 726. The molecule has 0 aromatic heterocycles. The van der Waals surface area contributed by atoms with Crippen molar-refractivity contribution in [2.24, 2.45) is 46.8 Å². The maximum Gasteiger partial charge on any atom is 0.303 e. The lowest BCUT2D eigenvalue weighted by atomic mass is 9.47. The van der Waals surface area contributed by atoms with Crippen LogP contribution in [0.2, 0.25) is 0 Å². The molecule has 0 aromatic carbocycles.